The fourth-order valence-corrected chi connectivity index (χ4v) is 0.505. The number of hydrogen-bond donors (Lipinski definition) is 0. The van der Waals surface area contributed by atoms with E-state index in [1.54, 1.807) is 0 Å². The van der Waals surface area contributed by atoms with Gasteiger partial charge in [0, 0.05) is 0 Å². The molecule has 0 fully saturated rings. The van der Waals surface area contributed by atoms with Crippen LogP contribution < -0.4 is 29.6 Å². The Balaban J connectivity index is 0.000000810. The second-order valence-electron chi connectivity index (χ2n) is 1.43. The molecule has 48 valence electrons. The maximum Gasteiger partial charge on any atom is 1.00 e. The second-order valence-corrected chi connectivity index (χ2v) is 1.84. The second kappa shape index (κ2) is 4.18. The molecule has 0 N–H and O–H groups in total. The summed E-state index contributed by atoms with van der Waals surface area (Å²) in [6, 6.07) is 0. The first kappa shape index (κ1) is 10.2. The zero-order chi connectivity index (χ0) is 6.85. The van der Waals surface area contributed by atoms with E-state index < -0.39 is 16.5 Å². The molecule has 1 rings (SSSR count). The van der Waals surface area contributed by atoms with Crippen LogP contribution in [-0.2, 0) is 12.6 Å². The molecule has 10 heavy (non-hydrogen) atoms. The molecule has 0 aliphatic carbocycles. The first-order chi connectivity index (χ1) is 4.22. The average Bonchev–Trinajstić information content (AvgIpc) is 1.83. The summed E-state index contributed by atoms with van der Waals surface area (Å²) in [7, 11) is 0. The Morgan fingerprint density at radius 2 is 1.60 bits per heavy atom. The third-order valence-electron chi connectivity index (χ3n) is 0.810. The van der Waals surface area contributed by atoms with Crippen LogP contribution in [0.15, 0.2) is 17.3 Å². The topological polar surface area (TPSA) is 12.9 Å². The van der Waals surface area contributed by atoms with Gasteiger partial charge in [-0.3, -0.25) is 4.98 Å². The monoisotopic (exact) mass is 169 g/mol. The molecule has 0 radical (unpaired) electrons. The summed E-state index contributed by atoms with van der Waals surface area (Å²) < 4.78 is 24.3. The zero-order valence-electron chi connectivity index (χ0n) is 5.27. The van der Waals surface area contributed by atoms with Gasteiger partial charge in [-0.2, -0.15) is 0 Å². The molecule has 0 spiro atoms. The zero-order valence-corrected chi connectivity index (χ0v) is 8.08. The number of nitrogens with zero attached hydrogens (tertiary/aromatic N) is 1. The van der Waals surface area contributed by atoms with Gasteiger partial charge in [-0.1, -0.05) is 4.90 Å². The summed E-state index contributed by atoms with van der Waals surface area (Å²) in [4.78, 5) is 2.83. The van der Waals surface area contributed by atoms with Crippen molar-refractivity contribution in [3.05, 3.63) is 24.0 Å². The maximum atomic E-state index is 12.2. The Labute approximate surface area is 84.6 Å². The molecule has 0 aromatic carbocycles. The molecule has 0 saturated carbocycles. The normalized spacial score (nSPS) is 8.60. The van der Waals surface area contributed by atoms with Crippen LogP contribution in [0, 0.1) is 11.6 Å². The van der Waals surface area contributed by atoms with E-state index >= 15 is 0 Å². The molecule has 0 aliphatic rings. The SMILES string of the molecule is Fc1cncc(F)c1[S-].[Na+]. The van der Waals surface area contributed by atoms with Crippen LogP contribution in [0.3, 0.4) is 0 Å². The molecule has 0 amide bonds. The van der Waals surface area contributed by atoms with E-state index in [4.69, 9.17) is 0 Å². The molecule has 0 atom stereocenters. The van der Waals surface area contributed by atoms with Gasteiger partial charge < -0.3 is 12.6 Å². The molecular weight excluding hydrogens is 167 g/mol. The molecule has 0 unspecified atom stereocenters. The predicted octanol–water partition coefficient (Wildman–Crippen LogP) is -1.73. The largest absolute Gasteiger partial charge is 1.00 e. The van der Waals surface area contributed by atoms with Crippen molar-refractivity contribution in [3.8, 4) is 0 Å². The van der Waals surface area contributed by atoms with Crippen molar-refractivity contribution < 1.29 is 38.3 Å². The van der Waals surface area contributed by atoms with Crippen LogP contribution in [0.4, 0.5) is 8.78 Å². The molecule has 5 heteroatoms. The summed E-state index contributed by atoms with van der Waals surface area (Å²) in [6.07, 6.45) is 1.76. The summed E-state index contributed by atoms with van der Waals surface area (Å²) in [5.74, 6) is -1.57. The van der Waals surface area contributed by atoms with Crippen LogP contribution in [0.1, 0.15) is 0 Å². The van der Waals surface area contributed by atoms with E-state index in [0.717, 1.165) is 12.4 Å². The number of aromatic nitrogens is 1. The number of pyridine rings is 1. The maximum absolute atomic E-state index is 12.2. The van der Waals surface area contributed by atoms with E-state index in [0.29, 0.717) is 0 Å². The summed E-state index contributed by atoms with van der Waals surface area (Å²) in [5.41, 5.74) is 0. The standard InChI is InChI=1S/C5H3F2NS.Na/c6-3-1-8-2-4(7)5(3)9;/h1-2H,(H,8,9);/q;+1/p-1. The van der Waals surface area contributed by atoms with E-state index in [1.165, 1.54) is 0 Å². The summed E-state index contributed by atoms with van der Waals surface area (Å²) in [5, 5.41) is 0. The molecule has 1 aromatic rings. The minimum absolute atomic E-state index is 0. The van der Waals surface area contributed by atoms with Gasteiger partial charge in [0.05, 0.1) is 12.4 Å². The van der Waals surface area contributed by atoms with Crippen molar-refractivity contribution in [3.63, 3.8) is 0 Å². The molecule has 1 aromatic heterocycles. The van der Waals surface area contributed by atoms with E-state index in [9.17, 15) is 8.78 Å². The molecule has 0 bridgehead atoms. The third-order valence-corrected chi connectivity index (χ3v) is 1.20. The summed E-state index contributed by atoms with van der Waals surface area (Å²) in [6.45, 7) is 0. The van der Waals surface area contributed by atoms with Gasteiger partial charge in [0.15, 0.2) is 0 Å². The molecule has 1 heterocycles. The molecule has 1 nitrogen and oxygen atoms in total. The van der Waals surface area contributed by atoms with E-state index in [2.05, 4.69) is 17.6 Å². The average molecular weight is 169 g/mol. The van der Waals surface area contributed by atoms with Crippen LogP contribution in [0.25, 0.3) is 0 Å². The van der Waals surface area contributed by atoms with Crippen LogP contribution >= 0.6 is 0 Å². The van der Waals surface area contributed by atoms with Crippen molar-refractivity contribution in [2.24, 2.45) is 0 Å². The van der Waals surface area contributed by atoms with Gasteiger partial charge in [0.25, 0.3) is 0 Å². The molecule has 0 saturated heterocycles. The Morgan fingerprint density at radius 1 is 1.20 bits per heavy atom. The number of rotatable bonds is 0. The fourth-order valence-electron chi connectivity index (χ4n) is 0.399. The van der Waals surface area contributed by atoms with Gasteiger partial charge in [0.2, 0.25) is 0 Å². The van der Waals surface area contributed by atoms with Gasteiger partial charge in [-0.25, -0.2) is 8.78 Å². The van der Waals surface area contributed by atoms with Gasteiger partial charge >= 0.3 is 29.6 Å². The van der Waals surface area contributed by atoms with Crippen LogP contribution in [0.5, 0.6) is 0 Å². The van der Waals surface area contributed by atoms with Crippen molar-refractivity contribution in [1.82, 2.24) is 4.98 Å². The first-order valence-corrected chi connectivity index (χ1v) is 2.58. The minimum Gasteiger partial charge on any atom is -0.774 e. The Morgan fingerprint density at radius 3 is 1.90 bits per heavy atom. The quantitative estimate of drug-likeness (QED) is 0.338. The van der Waals surface area contributed by atoms with Crippen molar-refractivity contribution in [2.75, 3.05) is 0 Å². The molecular formula is C5H2F2NNaS. The number of hydrogen-bond acceptors (Lipinski definition) is 2. The van der Waals surface area contributed by atoms with Gasteiger partial charge in [-0.05, 0) is 0 Å². The Kier molecular flexibility index (Phi) is 4.28. The number of halogens is 2. The minimum atomic E-state index is -0.787. The van der Waals surface area contributed by atoms with E-state index in [1.807, 2.05) is 0 Å². The first-order valence-electron chi connectivity index (χ1n) is 2.18. The van der Waals surface area contributed by atoms with Gasteiger partial charge in [-0.15, -0.1) is 0 Å². The van der Waals surface area contributed by atoms with Crippen LogP contribution in [-0.4, -0.2) is 4.98 Å². The smallest absolute Gasteiger partial charge is 0.774 e. The predicted molar refractivity (Wildman–Crippen MR) is 29.8 cm³/mol. The Hall–Kier alpha value is 0.230. The van der Waals surface area contributed by atoms with Crippen molar-refractivity contribution >= 4 is 12.6 Å². The molecule has 0 aliphatic heterocycles. The van der Waals surface area contributed by atoms with E-state index in [-0.39, 0.29) is 29.6 Å². The third kappa shape index (κ3) is 2.12. The van der Waals surface area contributed by atoms with Crippen molar-refractivity contribution in [2.45, 2.75) is 4.90 Å². The van der Waals surface area contributed by atoms with Gasteiger partial charge in [0.1, 0.15) is 11.6 Å². The summed E-state index contributed by atoms with van der Waals surface area (Å²) >= 11 is 4.30. The van der Waals surface area contributed by atoms with Crippen molar-refractivity contribution in [1.29, 1.82) is 0 Å². The Bertz CT molecular complexity index is 211. The van der Waals surface area contributed by atoms with Crippen LogP contribution in [0.2, 0.25) is 0 Å². The fraction of sp³-hybridized carbons (Fsp3) is 0.